The first kappa shape index (κ1) is 22.4. The van der Waals surface area contributed by atoms with Crippen molar-refractivity contribution < 1.29 is 13.9 Å². The van der Waals surface area contributed by atoms with Crippen molar-refractivity contribution in [1.29, 1.82) is 5.26 Å². The van der Waals surface area contributed by atoms with E-state index in [4.69, 9.17) is 21.1 Å². The number of nitrogens with zero attached hydrogens (tertiary/aromatic N) is 2. The molecule has 5 nitrogen and oxygen atoms in total. The smallest absolute Gasteiger partial charge is 0.180 e. The van der Waals surface area contributed by atoms with Gasteiger partial charge in [0.05, 0.1) is 28.2 Å². The number of aromatic amines is 1. The molecule has 0 aliphatic carbocycles. The monoisotopic (exact) mass is 461 g/mol. The lowest BCUT2D eigenvalue weighted by molar-refractivity contribution is 0.266. The maximum absolute atomic E-state index is 14.0. The van der Waals surface area contributed by atoms with Crippen molar-refractivity contribution in [3.63, 3.8) is 0 Å². The number of fused-ring (bicyclic) bond motifs is 1. The van der Waals surface area contributed by atoms with Gasteiger partial charge in [-0.3, -0.25) is 0 Å². The molecule has 0 amide bonds. The normalized spacial score (nSPS) is 11.4. The van der Waals surface area contributed by atoms with Crippen molar-refractivity contribution in [3.05, 3.63) is 88.0 Å². The summed E-state index contributed by atoms with van der Waals surface area (Å²) in [5.41, 5.74) is 4.14. The molecule has 1 aromatic heterocycles. The lowest BCUT2D eigenvalue weighted by Gasteiger charge is -2.15. The van der Waals surface area contributed by atoms with E-state index in [-0.39, 0.29) is 12.4 Å². The average molecular weight is 462 g/mol. The lowest BCUT2D eigenvalue weighted by Crippen LogP contribution is -2.02. The lowest BCUT2D eigenvalue weighted by atomic mass is 10.1. The molecule has 7 heteroatoms. The summed E-state index contributed by atoms with van der Waals surface area (Å²) in [5, 5.41) is 10.0. The van der Waals surface area contributed by atoms with Gasteiger partial charge < -0.3 is 14.5 Å². The van der Waals surface area contributed by atoms with Gasteiger partial charge >= 0.3 is 0 Å². The van der Waals surface area contributed by atoms with Gasteiger partial charge in [0.15, 0.2) is 11.5 Å². The molecular formula is C26H21ClFN3O2. The number of nitrogens with one attached hydrogen (secondary N) is 1. The van der Waals surface area contributed by atoms with E-state index in [2.05, 4.69) is 16.0 Å². The Kier molecular flexibility index (Phi) is 6.62. The Hall–Kier alpha value is -3.82. The van der Waals surface area contributed by atoms with Crippen LogP contribution in [0, 0.1) is 24.1 Å². The molecule has 3 aromatic carbocycles. The SMILES string of the molecule is CCOc1cc(/C=C(/C#N)c2nc3ccc(C)cc3[nH]2)cc(Cl)c1OCc1ccccc1F. The van der Waals surface area contributed by atoms with Crippen molar-refractivity contribution >= 4 is 34.3 Å². The zero-order valence-corrected chi connectivity index (χ0v) is 18.9. The molecule has 166 valence electrons. The van der Waals surface area contributed by atoms with Crippen LogP contribution in [0.15, 0.2) is 54.6 Å². The van der Waals surface area contributed by atoms with Gasteiger partial charge in [0, 0.05) is 5.56 Å². The van der Waals surface area contributed by atoms with Crippen LogP contribution in [-0.2, 0) is 6.61 Å². The Bertz CT molecular complexity index is 1390. The number of rotatable bonds is 7. The highest BCUT2D eigenvalue weighted by Crippen LogP contribution is 2.38. The van der Waals surface area contributed by atoms with E-state index in [1.54, 1.807) is 36.4 Å². The zero-order chi connectivity index (χ0) is 23.4. The van der Waals surface area contributed by atoms with Crippen molar-refractivity contribution in [3.8, 4) is 17.6 Å². The third-order valence-electron chi connectivity index (χ3n) is 4.99. The fourth-order valence-electron chi connectivity index (χ4n) is 3.41. The molecule has 1 heterocycles. The molecule has 4 aromatic rings. The number of hydrogen-bond acceptors (Lipinski definition) is 4. The van der Waals surface area contributed by atoms with Crippen LogP contribution in [0.25, 0.3) is 22.7 Å². The maximum atomic E-state index is 14.0. The molecule has 4 rings (SSSR count). The molecule has 0 fully saturated rings. The Balaban J connectivity index is 1.67. The number of ether oxygens (including phenoxy) is 2. The second kappa shape index (κ2) is 9.76. The largest absolute Gasteiger partial charge is 0.490 e. The quantitative estimate of drug-likeness (QED) is 0.310. The van der Waals surface area contributed by atoms with Gasteiger partial charge in [-0.25, -0.2) is 9.37 Å². The summed E-state index contributed by atoms with van der Waals surface area (Å²) >= 11 is 6.50. The summed E-state index contributed by atoms with van der Waals surface area (Å²) in [4.78, 5) is 7.71. The Morgan fingerprint density at radius 2 is 2.00 bits per heavy atom. The molecule has 0 unspecified atom stereocenters. The summed E-state index contributed by atoms with van der Waals surface area (Å²) in [6.07, 6.45) is 1.68. The van der Waals surface area contributed by atoms with Gasteiger partial charge in [-0.2, -0.15) is 5.26 Å². The number of allylic oxidation sites excluding steroid dienone is 1. The molecule has 0 radical (unpaired) electrons. The number of H-pyrrole nitrogens is 1. The molecule has 0 saturated carbocycles. The zero-order valence-electron chi connectivity index (χ0n) is 18.2. The Morgan fingerprint density at radius 3 is 2.76 bits per heavy atom. The Morgan fingerprint density at radius 1 is 1.18 bits per heavy atom. The first-order valence-electron chi connectivity index (χ1n) is 10.4. The average Bonchev–Trinajstić information content (AvgIpc) is 3.21. The predicted octanol–water partition coefficient (Wildman–Crippen LogP) is 6.71. The van der Waals surface area contributed by atoms with Crippen LogP contribution in [0.3, 0.4) is 0 Å². The van der Waals surface area contributed by atoms with E-state index < -0.39 is 0 Å². The highest BCUT2D eigenvalue weighted by Gasteiger charge is 2.15. The number of nitriles is 1. The maximum Gasteiger partial charge on any atom is 0.180 e. The third kappa shape index (κ3) is 5.00. The van der Waals surface area contributed by atoms with Crippen LogP contribution in [0.1, 0.15) is 29.4 Å². The molecule has 1 N–H and O–H groups in total. The number of halogens is 2. The van der Waals surface area contributed by atoms with Gasteiger partial charge in [0.1, 0.15) is 24.3 Å². The molecule has 0 bridgehead atoms. The van der Waals surface area contributed by atoms with Gasteiger partial charge in [-0.05, 0) is 61.4 Å². The van der Waals surface area contributed by atoms with Crippen LogP contribution in [0.5, 0.6) is 11.5 Å². The van der Waals surface area contributed by atoms with E-state index in [0.717, 1.165) is 16.6 Å². The van der Waals surface area contributed by atoms with Crippen molar-refractivity contribution in [2.24, 2.45) is 0 Å². The Labute approximate surface area is 196 Å². The topological polar surface area (TPSA) is 70.9 Å². The summed E-state index contributed by atoms with van der Waals surface area (Å²) in [6, 6.07) is 17.8. The second-order valence-electron chi connectivity index (χ2n) is 7.42. The van der Waals surface area contributed by atoms with Crippen molar-refractivity contribution in [1.82, 2.24) is 9.97 Å². The minimum atomic E-state index is -0.356. The van der Waals surface area contributed by atoms with E-state index >= 15 is 0 Å². The number of imidazole rings is 1. The first-order chi connectivity index (χ1) is 16.0. The van der Waals surface area contributed by atoms with Crippen molar-refractivity contribution in [2.75, 3.05) is 6.61 Å². The third-order valence-corrected chi connectivity index (χ3v) is 5.27. The van der Waals surface area contributed by atoms with E-state index in [9.17, 15) is 9.65 Å². The number of hydrogen-bond donors (Lipinski definition) is 1. The minimum Gasteiger partial charge on any atom is -0.490 e. The number of aromatic nitrogens is 2. The number of aryl methyl sites for hydroxylation is 1. The van der Waals surface area contributed by atoms with Crippen LogP contribution in [0.2, 0.25) is 5.02 Å². The van der Waals surface area contributed by atoms with E-state index in [0.29, 0.717) is 45.7 Å². The van der Waals surface area contributed by atoms with Gasteiger partial charge in [-0.1, -0.05) is 35.9 Å². The molecule has 0 spiro atoms. The van der Waals surface area contributed by atoms with Crippen LogP contribution in [0.4, 0.5) is 4.39 Å². The molecule has 0 atom stereocenters. The highest BCUT2D eigenvalue weighted by molar-refractivity contribution is 6.32. The summed E-state index contributed by atoms with van der Waals surface area (Å²) < 4.78 is 25.5. The van der Waals surface area contributed by atoms with Gasteiger partial charge in [-0.15, -0.1) is 0 Å². The van der Waals surface area contributed by atoms with Gasteiger partial charge in [0.25, 0.3) is 0 Å². The highest BCUT2D eigenvalue weighted by atomic mass is 35.5. The molecular weight excluding hydrogens is 441 g/mol. The van der Waals surface area contributed by atoms with Gasteiger partial charge in [0.2, 0.25) is 0 Å². The number of benzene rings is 3. The summed E-state index contributed by atoms with van der Waals surface area (Å²) in [6.45, 7) is 4.22. The molecule has 0 aliphatic rings. The molecule has 33 heavy (non-hydrogen) atoms. The molecule has 0 aliphatic heterocycles. The fourth-order valence-corrected chi connectivity index (χ4v) is 3.68. The second-order valence-corrected chi connectivity index (χ2v) is 7.83. The fraction of sp³-hybridized carbons (Fsp3) is 0.154. The van der Waals surface area contributed by atoms with E-state index in [1.807, 2.05) is 32.0 Å². The summed E-state index contributed by atoms with van der Waals surface area (Å²) in [7, 11) is 0. The van der Waals surface area contributed by atoms with E-state index in [1.165, 1.54) is 6.07 Å². The van der Waals surface area contributed by atoms with Crippen LogP contribution in [-0.4, -0.2) is 16.6 Å². The summed E-state index contributed by atoms with van der Waals surface area (Å²) in [5.74, 6) is 0.833. The van der Waals surface area contributed by atoms with Crippen LogP contribution < -0.4 is 9.47 Å². The van der Waals surface area contributed by atoms with Crippen LogP contribution >= 0.6 is 11.6 Å². The first-order valence-corrected chi connectivity index (χ1v) is 10.8. The minimum absolute atomic E-state index is 0.00347. The predicted molar refractivity (Wildman–Crippen MR) is 128 cm³/mol. The molecule has 0 saturated heterocycles. The standard InChI is InChI=1S/C26H21ClFN3O2/c1-3-32-24-13-17(12-20(27)25(24)33-15-18-6-4-5-7-21(18)28)11-19(14-29)26-30-22-9-8-16(2)10-23(22)31-26/h4-13H,3,15H2,1-2H3,(H,30,31)/b19-11-. The van der Waals surface area contributed by atoms with Crippen molar-refractivity contribution in [2.45, 2.75) is 20.5 Å².